The maximum atomic E-state index is 3.95. The first kappa shape index (κ1) is 12.4. The quantitative estimate of drug-likeness (QED) is 0.413. The lowest BCUT2D eigenvalue weighted by Crippen LogP contribution is -1.88. The second-order valence-corrected chi connectivity index (χ2v) is 4.76. The van der Waals surface area contributed by atoms with Crippen molar-refractivity contribution in [3.63, 3.8) is 0 Å². The standard InChI is InChI=1S/C20H16/c1-3-9-15(4-2)20-18-12-7-5-10-16(18)14-17-11-6-8-13-19(17)20/h3-14H,1-2H2/b15-9+. The van der Waals surface area contributed by atoms with Gasteiger partial charge in [-0.15, -0.1) is 0 Å². The van der Waals surface area contributed by atoms with Gasteiger partial charge in [-0.05, 0) is 38.7 Å². The third-order valence-corrected chi connectivity index (χ3v) is 3.58. The molecule has 0 unspecified atom stereocenters. The average molecular weight is 256 g/mol. The van der Waals surface area contributed by atoms with E-state index in [1.165, 1.54) is 27.1 Å². The van der Waals surface area contributed by atoms with Crippen molar-refractivity contribution in [1.82, 2.24) is 0 Å². The summed E-state index contributed by atoms with van der Waals surface area (Å²) in [6.45, 7) is 7.76. The van der Waals surface area contributed by atoms with Gasteiger partial charge < -0.3 is 0 Å². The van der Waals surface area contributed by atoms with Gasteiger partial charge in [0, 0.05) is 0 Å². The molecule has 0 N–H and O–H groups in total. The smallest absolute Gasteiger partial charge is 0.00270 e. The molecule has 20 heavy (non-hydrogen) atoms. The number of benzene rings is 3. The maximum absolute atomic E-state index is 3.95. The average Bonchev–Trinajstić information content (AvgIpc) is 2.50. The van der Waals surface area contributed by atoms with E-state index in [0.717, 1.165) is 5.57 Å². The largest absolute Gasteiger partial charge is 0.0990 e. The Labute approximate surface area is 119 Å². The number of fused-ring (bicyclic) bond motifs is 2. The Morgan fingerprint density at radius 2 is 1.35 bits per heavy atom. The molecule has 0 nitrogen and oxygen atoms in total. The molecule has 0 bridgehead atoms. The second kappa shape index (κ2) is 5.18. The van der Waals surface area contributed by atoms with Gasteiger partial charge in [-0.2, -0.15) is 0 Å². The van der Waals surface area contributed by atoms with Crippen molar-refractivity contribution in [3.8, 4) is 0 Å². The fourth-order valence-corrected chi connectivity index (χ4v) is 2.71. The second-order valence-electron chi connectivity index (χ2n) is 4.76. The predicted octanol–water partition coefficient (Wildman–Crippen LogP) is 5.75. The first-order chi connectivity index (χ1) is 9.85. The van der Waals surface area contributed by atoms with Gasteiger partial charge in [0.15, 0.2) is 0 Å². The summed E-state index contributed by atoms with van der Waals surface area (Å²) >= 11 is 0. The Hall–Kier alpha value is -2.60. The minimum atomic E-state index is 1.10. The molecule has 3 aromatic carbocycles. The van der Waals surface area contributed by atoms with E-state index in [4.69, 9.17) is 0 Å². The maximum Gasteiger partial charge on any atom is -0.00270 e. The molecule has 0 heterocycles. The van der Waals surface area contributed by atoms with Crippen LogP contribution in [0.2, 0.25) is 0 Å². The van der Waals surface area contributed by atoms with Crippen LogP contribution >= 0.6 is 0 Å². The van der Waals surface area contributed by atoms with Gasteiger partial charge in [-0.25, -0.2) is 0 Å². The molecule has 3 rings (SSSR count). The Balaban J connectivity index is 2.54. The number of hydrogen-bond acceptors (Lipinski definition) is 0. The minimum absolute atomic E-state index is 1.10. The van der Waals surface area contributed by atoms with Crippen LogP contribution in [0.1, 0.15) is 5.56 Å². The molecule has 0 aromatic heterocycles. The van der Waals surface area contributed by atoms with Crippen LogP contribution in [0.15, 0.2) is 86.0 Å². The molecule has 0 fully saturated rings. The Morgan fingerprint density at radius 3 is 1.85 bits per heavy atom. The number of allylic oxidation sites excluding steroid dienone is 4. The lowest BCUT2D eigenvalue weighted by molar-refractivity contribution is 1.71. The Kier molecular flexibility index (Phi) is 3.22. The highest BCUT2D eigenvalue weighted by Crippen LogP contribution is 2.33. The summed E-state index contributed by atoms with van der Waals surface area (Å²) in [4.78, 5) is 0. The zero-order chi connectivity index (χ0) is 13.9. The highest BCUT2D eigenvalue weighted by Gasteiger charge is 2.09. The van der Waals surface area contributed by atoms with Crippen molar-refractivity contribution in [2.45, 2.75) is 0 Å². The molecule has 0 aliphatic carbocycles. The van der Waals surface area contributed by atoms with Gasteiger partial charge in [-0.1, -0.05) is 79.9 Å². The van der Waals surface area contributed by atoms with Crippen LogP contribution in [0.5, 0.6) is 0 Å². The molecule has 0 saturated carbocycles. The monoisotopic (exact) mass is 256 g/mol. The molecule has 0 aliphatic rings. The molecule has 96 valence electrons. The van der Waals surface area contributed by atoms with Gasteiger partial charge in [0.1, 0.15) is 0 Å². The van der Waals surface area contributed by atoms with E-state index in [2.05, 4.69) is 67.8 Å². The number of hydrogen-bond donors (Lipinski definition) is 0. The molecule has 3 aromatic rings. The van der Waals surface area contributed by atoms with Crippen molar-refractivity contribution in [2.24, 2.45) is 0 Å². The molecule has 0 radical (unpaired) electrons. The fourth-order valence-electron chi connectivity index (χ4n) is 2.71. The van der Waals surface area contributed by atoms with E-state index < -0.39 is 0 Å². The van der Waals surface area contributed by atoms with E-state index >= 15 is 0 Å². The lowest BCUT2D eigenvalue weighted by Gasteiger charge is -2.12. The van der Waals surface area contributed by atoms with Crippen LogP contribution in [0.4, 0.5) is 0 Å². The van der Waals surface area contributed by atoms with E-state index in [-0.39, 0.29) is 0 Å². The van der Waals surface area contributed by atoms with E-state index in [1.807, 2.05) is 18.2 Å². The van der Waals surface area contributed by atoms with Crippen LogP contribution in [0.25, 0.3) is 27.1 Å². The van der Waals surface area contributed by atoms with E-state index in [0.29, 0.717) is 0 Å². The van der Waals surface area contributed by atoms with Crippen molar-refractivity contribution in [1.29, 1.82) is 0 Å². The molecule has 0 heteroatoms. The zero-order valence-corrected chi connectivity index (χ0v) is 11.3. The predicted molar refractivity (Wildman–Crippen MR) is 89.8 cm³/mol. The molecular formula is C20H16. The highest BCUT2D eigenvalue weighted by molar-refractivity contribution is 6.10. The van der Waals surface area contributed by atoms with Crippen LogP contribution in [0.3, 0.4) is 0 Å². The van der Waals surface area contributed by atoms with Crippen LogP contribution in [-0.2, 0) is 0 Å². The summed E-state index contributed by atoms with van der Waals surface area (Å²) < 4.78 is 0. The minimum Gasteiger partial charge on any atom is -0.0990 e. The van der Waals surface area contributed by atoms with Gasteiger partial charge >= 0.3 is 0 Å². The summed E-state index contributed by atoms with van der Waals surface area (Å²) in [7, 11) is 0. The first-order valence-corrected chi connectivity index (χ1v) is 6.71. The Bertz CT molecular complexity index is 781. The Morgan fingerprint density at radius 1 is 0.800 bits per heavy atom. The summed E-state index contributed by atoms with van der Waals surface area (Å²) in [5.41, 5.74) is 2.33. The summed E-state index contributed by atoms with van der Waals surface area (Å²) in [5.74, 6) is 0. The van der Waals surface area contributed by atoms with Crippen molar-refractivity contribution in [3.05, 3.63) is 91.5 Å². The molecule has 0 aliphatic heterocycles. The van der Waals surface area contributed by atoms with Crippen LogP contribution in [0, 0.1) is 0 Å². The topological polar surface area (TPSA) is 0 Å². The molecule has 0 saturated heterocycles. The normalized spacial score (nSPS) is 11.7. The third kappa shape index (κ3) is 1.96. The van der Waals surface area contributed by atoms with Gasteiger partial charge in [0.25, 0.3) is 0 Å². The molecule has 0 spiro atoms. The number of rotatable bonds is 3. The first-order valence-electron chi connectivity index (χ1n) is 6.71. The lowest BCUT2D eigenvalue weighted by atomic mass is 9.92. The van der Waals surface area contributed by atoms with Crippen molar-refractivity contribution in [2.75, 3.05) is 0 Å². The van der Waals surface area contributed by atoms with E-state index in [1.54, 1.807) is 0 Å². The summed E-state index contributed by atoms with van der Waals surface area (Å²) in [6.07, 6.45) is 5.73. The van der Waals surface area contributed by atoms with Gasteiger partial charge in [0.2, 0.25) is 0 Å². The molecule has 0 amide bonds. The summed E-state index contributed by atoms with van der Waals surface area (Å²) in [6, 6.07) is 19.2. The third-order valence-electron chi connectivity index (χ3n) is 3.58. The van der Waals surface area contributed by atoms with Gasteiger partial charge in [0.05, 0.1) is 0 Å². The van der Waals surface area contributed by atoms with E-state index in [9.17, 15) is 0 Å². The van der Waals surface area contributed by atoms with Crippen molar-refractivity contribution >= 4 is 27.1 Å². The molecule has 0 atom stereocenters. The zero-order valence-electron chi connectivity index (χ0n) is 11.3. The SMILES string of the molecule is C=C/C=C(\C=C)c1c2ccccc2cc2ccccc12. The van der Waals surface area contributed by atoms with Crippen molar-refractivity contribution < 1.29 is 0 Å². The summed E-state index contributed by atoms with van der Waals surface area (Å²) in [5, 5.41) is 4.99. The highest BCUT2D eigenvalue weighted by atomic mass is 14.1. The van der Waals surface area contributed by atoms with Crippen LogP contribution in [-0.4, -0.2) is 0 Å². The molecular weight excluding hydrogens is 240 g/mol. The fraction of sp³-hybridized carbons (Fsp3) is 0. The van der Waals surface area contributed by atoms with Crippen LogP contribution < -0.4 is 0 Å². The van der Waals surface area contributed by atoms with Gasteiger partial charge in [-0.3, -0.25) is 0 Å².